The third-order valence-corrected chi connectivity index (χ3v) is 3.34. The third-order valence-electron chi connectivity index (χ3n) is 2.87. The van der Waals surface area contributed by atoms with Gasteiger partial charge in [-0.05, 0) is 19.8 Å². The number of amides is 1. The highest BCUT2D eigenvalue weighted by Crippen LogP contribution is 2.24. The second-order valence-electron chi connectivity index (χ2n) is 4.01. The first-order chi connectivity index (χ1) is 8.02. The molecule has 0 spiro atoms. The van der Waals surface area contributed by atoms with Crippen LogP contribution in [-0.2, 0) is 4.79 Å². The Morgan fingerprint density at radius 2 is 2.29 bits per heavy atom. The van der Waals surface area contributed by atoms with Crippen LogP contribution in [0.3, 0.4) is 0 Å². The SMILES string of the molecule is Cc1[nH]nc(C(=O)N2CCC[C@H]2C(=O)O)c1Cl. The Bertz CT molecular complexity index is 471. The van der Waals surface area contributed by atoms with E-state index in [0.717, 1.165) is 0 Å². The second-order valence-corrected chi connectivity index (χ2v) is 4.38. The maximum Gasteiger partial charge on any atom is 0.326 e. The minimum Gasteiger partial charge on any atom is -0.480 e. The molecular weight excluding hydrogens is 246 g/mol. The highest BCUT2D eigenvalue weighted by Gasteiger charge is 2.36. The number of hydrogen-bond donors (Lipinski definition) is 2. The van der Waals surface area contributed by atoms with Crippen LogP contribution in [0.4, 0.5) is 0 Å². The Balaban J connectivity index is 2.26. The number of carbonyl (C=O) groups excluding carboxylic acids is 1. The van der Waals surface area contributed by atoms with E-state index in [2.05, 4.69) is 10.2 Å². The van der Waals surface area contributed by atoms with Gasteiger partial charge in [-0.15, -0.1) is 0 Å². The van der Waals surface area contributed by atoms with E-state index in [0.29, 0.717) is 25.1 Å². The van der Waals surface area contributed by atoms with Crippen molar-refractivity contribution in [3.63, 3.8) is 0 Å². The normalized spacial score (nSPS) is 19.6. The van der Waals surface area contributed by atoms with Gasteiger partial charge in [0.05, 0.1) is 10.7 Å². The number of aromatic amines is 1. The number of likely N-dealkylation sites (tertiary alicyclic amines) is 1. The molecule has 1 aromatic rings. The topological polar surface area (TPSA) is 86.3 Å². The maximum absolute atomic E-state index is 12.1. The smallest absolute Gasteiger partial charge is 0.326 e. The van der Waals surface area contributed by atoms with Crippen LogP contribution in [-0.4, -0.2) is 44.7 Å². The summed E-state index contributed by atoms with van der Waals surface area (Å²) in [6.07, 6.45) is 1.16. The highest BCUT2D eigenvalue weighted by atomic mass is 35.5. The van der Waals surface area contributed by atoms with Crippen molar-refractivity contribution in [1.29, 1.82) is 0 Å². The number of nitrogens with one attached hydrogen (secondary N) is 1. The van der Waals surface area contributed by atoms with E-state index in [1.54, 1.807) is 6.92 Å². The van der Waals surface area contributed by atoms with E-state index in [1.807, 2.05) is 0 Å². The minimum atomic E-state index is -0.987. The first-order valence-electron chi connectivity index (χ1n) is 5.26. The van der Waals surface area contributed by atoms with Crippen molar-refractivity contribution in [2.24, 2.45) is 0 Å². The van der Waals surface area contributed by atoms with Crippen molar-refractivity contribution in [2.75, 3.05) is 6.54 Å². The van der Waals surface area contributed by atoms with E-state index in [1.165, 1.54) is 4.90 Å². The minimum absolute atomic E-state index is 0.0947. The number of carboxylic acids is 1. The van der Waals surface area contributed by atoms with E-state index >= 15 is 0 Å². The number of hydrogen-bond acceptors (Lipinski definition) is 3. The van der Waals surface area contributed by atoms with Gasteiger partial charge in [0.1, 0.15) is 6.04 Å². The van der Waals surface area contributed by atoms with Crippen LogP contribution in [0, 0.1) is 6.92 Å². The Hall–Kier alpha value is -1.56. The van der Waals surface area contributed by atoms with E-state index in [4.69, 9.17) is 16.7 Å². The number of halogens is 1. The van der Waals surface area contributed by atoms with Crippen LogP contribution in [0.5, 0.6) is 0 Å². The van der Waals surface area contributed by atoms with E-state index in [-0.39, 0.29) is 10.7 Å². The number of H-pyrrole nitrogens is 1. The molecule has 1 aliphatic rings. The Kier molecular flexibility index (Phi) is 3.06. The lowest BCUT2D eigenvalue weighted by atomic mass is 10.2. The van der Waals surface area contributed by atoms with Crippen molar-refractivity contribution in [2.45, 2.75) is 25.8 Å². The molecule has 0 aliphatic carbocycles. The Labute approximate surface area is 103 Å². The van der Waals surface area contributed by atoms with Crippen LogP contribution in [0.25, 0.3) is 0 Å². The number of carbonyl (C=O) groups is 2. The largest absolute Gasteiger partial charge is 0.480 e. The number of aliphatic carboxylic acids is 1. The van der Waals surface area contributed by atoms with Gasteiger partial charge in [0.15, 0.2) is 5.69 Å². The lowest BCUT2D eigenvalue weighted by molar-refractivity contribution is -0.141. The van der Waals surface area contributed by atoms with Gasteiger partial charge < -0.3 is 10.0 Å². The fraction of sp³-hybridized carbons (Fsp3) is 0.500. The molecule has 0 radical (unpaired) electrons. The molecule has 1 fully saturated rings. The molecule has 2 heterocycles. The van der Waals surface area contributed by atoms with E-state index < -0.39 is 17.9 Å². The van der Waals surface area contributed by atoms with Crippen LogP contribution in [0.15, 0.2) is 0 Å². The molecule has 0 aromatic carbocycles. The number of nitrogens with zero attached hydrogens (tertiary/aromatic N) is 2. The zero-order chi connectivity index (χ0) is 12.6. The predicted molar refractivity (Wildman–Crippen MR) is 60.0 cm³/mol. The zero-order valence-electron chi connectivity index (χ0n) is 9.23. The van der Waals surface area contributed by atoms with Gasteiger partial charge in [-0.1, -0.05) is 11.6 Å². The zero-order valence-corrected chi connectivity index (χ0v) is 9.99. The number of aryl methyl sites for hydroxylation is 1. The monoisotopic (exact) mass is 257 g/mol. The predicted octanol–water partition coefficient (Wildman–Crippen LogP) is 1.06. The summed E-state index contributed by atoms with van der Waals surface area (Å²) >= 11 is 5.92. The fourth-order valence-corrected chi connectivity index (χ4v) is 2.13. The van der Waals surface area contributed by atoms with Crippen molar-refractivity contribution in [1.82, 2.24) is 15.1 Å². The molecule has 17 heavy (non-hydrogen) atoms. The average molecular weight is 258 g/mol. The van der Waals surface area contributed by atoms with Crippen LogP contribution < -0.4 is 0 Å². The molecule has 0 saturated carbocycles. The van der Waals surface area contributed by atoms with Gasteiger partial charge in [-0.25, -0.2) is 4.79 Å². The summed E-state index contributed by atoms with van der Waals surface area (Å²) in [5.41, 5.74) is 0.693. The molecular formula is C10H12ClN3O3. The molecule has 92 valence electrons. The fourth-order valence-electron chi connectivity index (χ4n) is 1.96. The standard InChI is InChI=1S/C10H12ClN3O3/c1-5-7(11)8(13-12-5)9(15)14-4-2-3-6(14)10(16)17/h6H,2-4H2,1H3,(H,12,13)(H,16,17)/t6-/m0/s1. The highest BCUT2D eigenvalue weighted by molar-refractivity contribution is 6.34. The lowest BCUT2D eigenvalue weighted by Crippen LogP contribution is -2.40. The molecule has 7 heteroatoms. The summed E-state index contributed by atoms with van der Waals surface area (Å²) in [6, 6.07) is -0.768. The van der Waals surface area contributed by atoms with Crippen LogP contribution in [0.2, 0.25) is 5.02 Å². The van der Waals surface area contributed by atoms with Crippen molar-refractivity contribution in [3.05, 3.63) is 16.4 Å². The molecule has 1 aromatic heterocycles. The van der Waals surface area contributed by atoms with Gasteiger partial charge in [0.2, 0.25) is 0 Å². The number of aromatic nitrogens is 2. The molecule has 1 amide bonds. The van der Waals surface area contributed by atoms with Crippen molar-refractivity contribution in [3.8, 4) is 0 Å². The first kappa shape index (κ1) is 11.9. The van der Waals surface area contributed by atoms with Gasteiger partial charge in [-0.3, -0.25) is 9.89 Å². The Morgan fingerprint density at radius 1 is 1.59 bits per heavy atom. The average Bonchev–Trinajstić information content (AvgIpc) is 2.87. The summed E-state index contributed by atoms with van der Waals surface area (Å²) in [4.78, 5) is 24.4. The number of rotatable bonds is 2. The summed E-state index contributed by atoms with van der Waals surface area (Å²) < 4.78 is 0. The molecule has 2 rings (SSSR count). The van der Waals surface area contributed by atoms with E-state index in [9.17, 15) is 9.59 Å². The van der Waals surface area contributed by atoms with Gasteiger partial charge in [0, 0.05) is 6.54 Å². The Morgan fingerprint density at radius 3 is 2.82 bits per heavy atom. The van der Waals surface area contributed by atoms with Crippen LogP contribution in [0.1, 0.15) is 29.0 Å². The second kappa shape index (κ2) is 4.37. The molecule has 2 N–H and O–H groups in total. The van der Waals surface area contributed by atoms with Gasteiger partial charge in [0.25, 0.3) is 5.91 Å². The molecule has 1 aliphatic heterocycles. The molecule has 0 bridgehead atoms. The summed E-state index contributed by atoms with van der Waals surface area (Å²) in [7, 11) is 0. The van der Waals surface area contributed by atoms with Gasteiger partial charge in [-0.2, -0.15) is 5.10 Å². The number of carboxylic acid groups (broad SMARTS) is 1. The van der Waals surface area contributed by atoms with Gasteiger partial charge >= 0.3 is 5.97 Å². The van der Waals surface area contributed by atoms with Crippen molar-refractivity contribution >= 4 is 23.5 Å². The summed E-state index contributed by atoms with van der Waals surface area (Å²) in [5.74, 6) is -1.41. The third kappa shape index (κ3) is 2.00. The first-order valence-corrected chi connectivity index (χ1v) is 5.64. The molecule has 1 saturated heterocycles. The molecule has 0 unspecified atom stereocenters. The van der Waals surface area contributed by atoms with Crippen molar-refractivity contribution < 1.29 is 14.7 Å². The van der Waals surface area contributed by atoms with Crippen LogP contribution >= 0.6 is 11.6 Å². The molecule has 6 nitrogen and oxygen atoms in total. The lowest BCUT2D eigenvalue weighted by Gasteiger charge is -2.20. The summed E-state index contributed by atoms with van der Waals surface area (Å²) in [6.45, 7) is 2.13. The quantitative estimate of drug-likeness (QED) is 0.829. The summed E-state index contributed by atoms with van der Waals surface area (Å²) in [5, 5.41) is 15.7. The molecule has 1 atom stereocenters. The maximum atomic E-state index is 12.1.